The minimum Gasteiger partial charge on any atom is -0.507 e. The molecular formula is C31H31N3O5S. The third-order valence-electron chi connectivity index (χ3n) is 6.73. The topological polar surface area (TPSA) is 102 Å². The van der Waals surface area contributed by atoms with Crippen molar-refractivity contribution in [3.8, 4) is 11.5 Å². The number of unbranched alkanes of at least 4 members (excludes halogenated alkanes) is 3. The number of rotatable bonds is 11. The highest BCUT2D eigenvalue weighted by atomic mass is 32.1. The lowest BCUT2D eigenvalue weighted by atomic mass is 9.95. The summed E-state index contributed by atoms with van der Waals surface area (Å²) in [5, 5.41) is 11.6. The van der Waals surface area contributed by atoms with Crippen molar-refractivity contribution in [2.75, 3.05) is 18.1 Å². The van der Waals surface area contributed by atoms with E-state index in [0.717, 1.165) is 24.0 Å². The van der Waals surface area contributed by atoms with Crippen molar-refractivity contribution in [2.24, 2.45) is 0 Å². The number of Topliss-reactive ketones (excluding diaryl/α,β-unsaturated/α-hetero) is 1. The molecule has 2 aromatic carbocycles. The van der Waals surface area contributed by atoms with Crippen LogP contribution in [-0.4, -0.2) is 40.0 Å². The number of benzene rings is 2. The molecule has 1 atom stereocenters. The molecule has 9 heteroatoms. The van der Waals surface area contributed by atoms with Crippen LogP contribution in [0, 0.1) is 0 Å². The van der Waals surface area contributed by atoms with E-state index >= 15 is 0 Å². The zero-order valence-corrected chi connectivity index (χ0v) is 23.3. The van der Waals surface area contributed by atoms with Crippen LogP contribution in [0.15, 0.2) is 72.6 Å². The molecule has 0 saturated carbocycles. The molecule has 1 saturated heterocycles. The Labute approximate surface area is 236 Å². The first kappa shape index (κ1) is 27.3. The van der Waals surface area contributed by atoms with Crippen molar-refractivity contribution in [3.05, 3.63) is 83.7 Å². The molecule has 0 bridgehead atoms. The third kappa shape index (κ3) is 5.56. The van der Waals surface area contributed by atoms with Crippen LogP contribution < -0.4 is 14.4 Å². The van der Waals surface area contributed by atoms with Crippen LogP contribution in [-0.2, 0) is 9.59 Å². The molecule has 1 fully saturated rings. The average molecular weight is 558 g/mol. The molecule has 1 aliphatic heterocycles. The standard InChI is InChI=1S/C31H31N3O5S/c1-3-5-6-7-18-39-22-10-8-20(9-11-22)27-26(28(35)21-14-16-32-17-15-21)29(36)30(37)34(27)31-33-24-13-12-23(38-4-2)19-25(24)40-31/h8-17,19,27,35H,3-7,18H2,1-2H3/b28-26+. The maximum Gasteiger partial charge on any atom is 0.301 e. The second kappa shape index (κ2) is 12.3. The molecule has 0 spiro atoms. The number of anilines is 1. The Morgan fingerprint density at radius 3 is 2.42 bits per heavy atom. The molecule has 2 aromatic heterocycles. The third-order valence-corrected chi connectivity index (χ3v) is 7.74. The van der Waals surface area contributed by atoms with Crippen LogP contribution in [0.25, 0.3) is 16.0 Å². The average Bonchev–Trinajstić information content (AvgIpc) is 3.51. The van der Waals surface area contributed by atoms with Gasteiger partial charge in [0, 0.05) is 18.0 Å². The molecule has 4 aromatic rings. The number of aliphatic hydroxyl groups is 1. The lowest BCUT2D eigenvalue weighted by Crippen LogP contribution is -2.29. The number of carbonyl (C=O) groups is 2. The van der Waals surface area contributed by atoms with E-state index < -0.39 is 17.7 Å². The van der Waals surface area contributed by atoms with Gasteiger partial charge in [0.25, 0.3) is 5.78 Å². The summed E-state index contributed by atoms with van der Waals surface area (Å²) in [4.78, 5) is 37.0. The quantitative estimate of drug-likeness (QED) is 0.0950. The largest absolute Gasteiger partial charge is 0.507 e. The summed E-state index contributed by atoms with van der Waals surface area (Å²) in [6, 6.07) is 15.2. The number of aromatic nitrogens is 2. The zero-order chi connectivity index (χ0) is 28.1. The molecule has 1 amide bonds. The summed E-state index contributed by atoms with van der Waals surface area (Å²) in [5.74, 6) is -0.378. The Balaban J connectivity index is 1.55. The highest BCUT2D eigenvalue weighted by molar-refractivity contribution is 7.22. The van der Waals surface area contributed by atoms with Gasteiger partial charge >= 0.3 is 5.91 Å². The van der Waals surface area contributed by atoms with Crippen molar-refractivity contribution in [3.63, 3.8) is 0 Å². The lowest BCUT2D eigenvalue weighted by molar-refractivity contribution is -0.132. The number of aliphatic hydroxyl groups excluding tert-OH is 1. The Bertz CT molecular complexity index is 1530. The maximum absolute atomic E-state index is 13.5. The second-order valence-electron chi connectivity index (χ2n) is 9.44. The molecule has 8 nitrogen and oxygen atoms in total. The Morgan fingerprint density at radius 2 is 1.70 bits per heavy atom. The summed E-state index contributed by atoms with van der Waals surface area (Å²) in [6.45, 7) is 5.23. The van der Waals surface area contributed by atoms with Crippen LogP contribution in [0.2, 0.25) is 0 Å². The number of pyridine rings is 1. The number of hydrogen-bond acceptors (Lipinski definition) is 8. The minimum atomic E-state index is -0.876. The number of thiazole rings is 1. The van der Waals surface area contributed by atoms with E-state index in [2.05, 4.69) is 16.9 Å². The fourth-order valence-corrected chi connectivity index (χ4v) is 5.75. The first-order valence-corrected chi connectivity index (χ1v) is 14.3. The lowest BCUT2D eigenvalue weighted by Gasteiger charge is -2.23. The van der Waals surface area contributed by atoms with Crippen molar-refractivity contribution >= 4 is 44.1 Å². The summed E-state index contributed by atoms with van der Waals surface area (Å²) in [7, 11) is 0. The van der Waals surface area contributed by atoms with Crippen molar-refractivity contribution < 1.29 is 24.2 Å². The van der Waals surface area contributed by atoms with Gasteiger partial charge in [-0.25, -0.2) is 4.98 Å². The van der Waals surface area contributed by atoms with Crippen LogP contribution in [0.1, 0.15) is 56.7 Å². The molecule has 0 aliphatic carbocycles. The molecule has 1 aliphatic rings. The first-order valence-electron chi connectivity index (χ1n) is 13.5. The number of hydrogen-bond donors (Lipinski definition) is 1. The monoisotopic (exact) mass is 557 g/mol. The van der Waals surface area contributed by atoms with Gasteiger partial charge in [-0.1, -0.05) is 49.7 Å². The fraction of sp³-hybridized carbons (Fsp3) is 0.290. The molecule has 0 radical (unpaired) electrons. The number of ketones is 1. The highest BCUT2D eigenvalue weighted by Crippen LogP contribution is 2.44. The van der Waals surface area contributed by atoms with Gasteiger partial charge in [-0.15, -0.1) is 0 Å². The van der Waals surface area contributed by atoms with Crippen molar-refractivity contribution in [2.45, 2.75) is 45.6 Å². The Kier molecular flexibility index (Phi) is 8.40. The number of fused-ring (bicyclic) bond motifs is 1. The van der Waals surface area contributed by atoms with E-state index in [0.29, 0.717) is 46.5 Å². The van der Waals surface area contributed by atoms with Crippen LogP contribution >= 0.6 is 11.3 Å². The fourth-order valence-electron chi connectivity index (χ4n) is 4.73. The van der Waals surface area contributed by atoms with Gasteiger partial charge in [0.1, 0.15) is 17.3 Å². The zero-order valence-electron chi connectivity index (χ0n) is 22.5. The van der Waals surface area contributed by atoms with Crippen LogP contribution in [0.5, 0.6) is 11.5 Å². The minimum absolute atomic E-state index is 0.00121. The van der Waals surface area contributed by atoms with Gasteiger partial charge in [-0.3, -0.25) is 19.5 Å². The summed E-state index contributed by atoms with van der Waals surface area (Å²) in [5.41, 5.74) is 1.74. The van der Waals surface area contributed by atoms with Gasteiger partial charge in [-0.2, -0.15) is 0 Å². The van der Waals surface area contributed by atoms with Gasteiger partial charge in [0.2, 0.25) is 0 Å². The number of amides is 1. The molecule has 1 unspecified atom stereocenters. The highest BCUT2D eigenvalue weighted by Gasteiger charge is 2.48. The van der Waals surface area contributed by atoms with Gasteiger partial charge in [-0.05, 0) is 61.4 Å². The molecular weight excluding hydrogens is 526 g/mol. The summed E-state index contributed by atoms with van der Waals surface area (Å²) < 4.78 is 12.3. The summed E-state index contributed by atoms with van der Waals surface area (Å²) in [6.07, 6.45) is 7.48. The summed E-state index contributed by atoms with van der Waals surface area (Å²) >= 11 is 1.29. The van der Waals surface area contributed by atoms with E-state index in [1.165, 1.54) is 35.1 Å². The van der Waals surface area contributed by atoms with E-state index in [1.54, 1.807) is 12.1 Å². The molecule has 40 heavy (non-hydrogen) atoms. The first-order chi connectivity index (χ1) is 19.5. The molecule has 5 rings (SSSR count). The van der Waals surface area contributed by atoms with E-state index in [9.17, 15) is 14.7 Å². The van der Waals surface area contributed by atoms with Gasteiger partial charge in [0.05, 0.1) is 35.0 Å². The smallest absolute Gasteiger partial charge is 0.301 e. The second-order valence-corrected chi connectivity index (χ2v) is 10.5. The number of ether oxygens (including phenoxy) is 2. The van der Waals surface area contributed by atoms with E-state index in [1.807, 2.05) is 49.4 Å². The van der Waals surface area contributed by atoms with Gasteiger partial charge in [0.15, 0.2) is 5.13 Å². The molecule has 206 valence electrons. The van der Waals surface area contributed by atoms with E-state index in [-0.39, 0.29) is 11.3 Å². The molecule has 1 N–H and O–H groups in total. The molecule has 3 heterocycles. The Morgan fingerprint density at radius 1 is 0.950 bits per heavy atom. The van der Waals surface area contributed by atoms with Crippen molar-refractivity contribution in [1.82, 2.24) is 9.97 Å². The SMILES string of the molecule is CCCCCCOc1ccc(C2/C(=C(\O)c3ccncc3)C(=O)C(=O)N2c2nc3ccc(OCC)cc3s2)cc1. The predicted molar refractivity (Wildman–Crippen MR) is 156 cm³/mol. The Hall–Kier alpha value is -4.24. The normalized spacial score (nSPS) is 16.6. The number of nitrogens with zero attached hydrogens (tertiary/aromatic N) is 3. The predicted octanol–water partition coefficient (Wildman–Crippen LogP) is 6.68. The maximum atomic E-state index is 13.5. The van der Waals surface area contributed by atoms with Crippen LogP contribution in [0.4, 0.5) is 5.13 Å². The van der Waals surface area contributed by atoms with Crippen molar-refractivity contribution in [1.29, 1.82) is 0 Å². The van der Waals surface area contributed by atoms with Crippen LogP contribution in [0.3, 0.4) is 0 Å². The number of carbonyl (C=O) groups excluding carboxylic acids is 2. The van der Waals surface area contributed by atoms with E-state index in [4.69, 9.17) is 9.47 Å². The van der Waals surface area contributed by atoms with Gasteiger partial charge < -0.3 is 14.6 Å².